The van der Waals surface area contributed by atoms with Gasteiger partial charge in [-0.3, -0.25) is 9.78 Å². The second-order valence-corrected chi connectivity index (χ2v) is 6.48. The Morgan fingerprint density at radius 2 is 1.83 bits per heavy atom. The molecule has 3 rings (SSSR count). The minimum Gasteiger partial charge on any atom is -0.322 e. The van der Waals surface area contributed by atoms with Crippen molar-refractivity contribution in [2.24, 2.45) is 0 Å². The molecule has 0 aliphatic rings. The van der Waals surface area contributed by atoms with E-state index in [9.17, 15) is 4.79 Å². The van der Waals surface area contributed by atoms with Crippen LogP contribution in [0.25, 0.3) is 0 Å². The lowest BCUT2D eigenvalue weighted by Crippen LogP contribution is -2.13. The summed E-state index contributed by atoms with van der Waals surface area (Å²) < 4.78 is 0. The molecule has 0 radical (unpaired) electrons. The van der Waals surface area contributed by atoms with E-state index in [1.54, 1.807) is 24.2 Å². The van der Waals surface area contributed by atoms with Gasteiger partial charge in [0.15, 0.2) is 0 Å². The number of anilines is 1. The van der Waals surface area contributed by atoms with Crippen molar-refractivity contribution >= 4 is 23.4 Å². The molecule has 0 fully saturated rings. The molecule has 0 aliphatic heterocycles. The lowest BCUT2D eigenvalue weighted by molar-refractivity contribution is 0.102. The highest BCUT2D eigenvalue weighted by atomic mass is 32.2. The van der Waals surface area contributed by atoms with E-state index in [0.717, 1.165) is 21.9 Å². The quantitative estimate of drug-likeness (QED) is 0.672. The molecule has 1 amide bonds. The minimum atomic E-state index is -0.0848. The number of pyridine rings is 1. The van der Waals surface area contributed by atoms with E-state index in [2.05, 4.69) is 10.3 Å². The molecule has 0 spiro atoms. The summed E-state index contributed by atoms with van der Waals surface area (Å²) in [4.78, 5) is 17.6. The number of hydrogen-bond acceptors (Lipinski definition) is 3. The Hall–Kier alpha value is -2.59. The fourth-order valence-corrected chi connectivity index (χ4v) is 3.35. The molecule has 2 aromatic carbocycles. The van der Waals surface area contributed by atoms with Crippen LogP contribution < -0.4 is 5.32 Å². The number of aryl methyl sites for hydroxylation is 1. The predicted octanol–water partition coefficient (Wildman–Crippen LogP) is 4.93. The molecule has 3 aromatic rings. The van der Waals surface area contributed by atoms with E-state index in [4.69, 9.17) is 0 Å². The molecule has 0 unspecified atom stereocenters. The Morgan fingerprint density at radius 1 is 1.04 bits per heavy atom. The van der Waals surface area contributed by atoms with E-state index in [1.165, 1.54) is 5.56 Å². The molecule has 0 bridgehead atoms. The minimum absolute atomic E-state index is 0.0848. The van der Waals surface area contributed by atoms with Crippen LogP contribution in [-0.2, 0) is 5.75 Å². The van der Waals surface area contributed by atoms with Crippen molar-refractivity contribution in [3.63, 3.8) is 0 Å². The lowest BCUT2D eigenvalue weighted by Gasteiger charge is -2.10. The Morgan fingerprint density at radius 3 is 2.62 bits per heavy atom. The Kier molecular flexibility index (Phi) is 5.29. The van der Waals surface area contributed by atoms with E-state index < -0.39 is 0 Å². The summed E-state index contributed by atoms with van der Waals surface area (Å²) in [6, 6.07) is 19.5. The molecule has 1 N–H and O–H groups in total. The van der Waals surface area contributed by atoms with Gasteiger partial charge in [0.05, 0.1) is 5.56 Å². The van der Waals surface area contributed by atoms with Gasteiger partial charge in [-0.25, -0.2) is 0 Å². The van der Waals surface area contributed by atoms with Crippen LogP contribution >= 0.6 is 11.8 Å². The monoisotopic (exact) mass is 334 g/mol. The van der Waals surface area contributed by atoms with Gasteiger partial charge in [0.25, 0.3) is 5.91 Å². The summed E-state index contributed by atoms with van der Waals surface area (Å²) in [5, 5.41) is 2.98. The fraction of sp³-hybridized carbons (Fsp3) is 0.100. The average molecular weight is 334 g/mol. The van der Waals surface area contributed by atoms with Gasteiger partial charge >= 0.3 is 0 Å². The van der Waals surface area contributed by atoms with Crippen molar-refractivity contribution in [3.05, 3.63) is 89.7 Å². The molecule has 0 saturated heterocycles. The molecule has 0 saturated carbocycles. The largest absolute Gasteiger partial charge is 0.322 e. The second-order valence-electron chi connectivity index (χ2n) is 5.46. The number of carbonyl (C=O) groups is 1. The van der Waals surface area contributed by atoms with Gasteiger partial charge < -0.3 is 5.32 Å². The molecule has 0 atom stereocenters. The smallest absolute Gasteiger partial charge is 0.256 e. The van der Waals surface area contributed by atoms with Crippen LogP contribution in [0.1, 0.15) is 21.5 Å². The molecule has 0 aliphatic carbocycles. The first-order chi connectivity index (χ1) is 11.7. The average Bonchev–Trinajstić information content (AvgIpc) is 2.61. The van der Waals surface area contributed by atoms with Crippen LogP contribution in [0.4, 0.5) is 5.69 Å². The molecule has 24 heavy (non-hydrogen) atoms. The van der Waals surface area contributed by atoms with Crippen molar-refractivity contribution in [1.82, 2.24) is 4.98 Å². The highest BCUT2D eigenvalue weighted by Gasteiger charge is 2.11. The summed E-state index contributed by atoms with van der Waals surface area (Å²) in [7, 11) is 0. The number of amides is 1. The van der Waals surface area contributed by atoms with Crippen LogP contribution in [0.3, 0.4) is 0 Å². The Balaban J connectivity index is 1.74. The fourth-order valence-electron chi connectivity index (χ4n) is 2.34. The first-order valence-electron chi connectivity index (χ1n) is 7.71. The zero-order chi connectivity index (χ0) is 16.8. The summed E-state index contributed by atoms with van der Waals surface area (Å²) in [6.07, 6.45) is 3.57. The Bertz CT molecular complexity index is 834. The third kappa shape index (κ3) is 4.24. The maximum Gasteiger partial charge on any atom is 0.256 e. The van der Waals surface area contributed by atoms with Crippen LogP contribution in [-0.4, -0.2) is 10.9 Å². The second kappa shape index (κ2) is 7.79. The van der Waals surface area contributed by atoms with Crippen LogP contribution in [0, 0.1) is 6.92 Å². The topological polar surface area (TPSA) is 42.0 Å². The number of thioether (sulfide) groups is 1. The summed E-state index contributed by atoms with van der Waals surface area (Å²) in [5.41, 5.74) is 3.81. The van der Waals surface area contributed by atoms with E-state index >= 15 is 0 Å². The van der Waals surface area contributed by atoms with E-state index in [-0.39, 0.29) is 5.91 Å². The third-order valence-electron chi connectivity index (χ3n) is 3.55. The number of hydrogen-bond donors (Lipinski definition) is 1. The van der Waals surface area contributed by atoms with Crippen molar-refractivity contribution in [1.29, 1.82) is 0 Å². The van der Waals surface area contributed by atoms with E-state index in [1.807, 2.05) is 67.6 Å². The summed E-state index contributed by atoms with van der Waals surface area (Å²) in [6.45, 7) is 2.01. The zero-order valence-electron chi connectivity index (χ0n) is 13.4. The summed E-state index contributed by atoms with van der Waals surface area (Å²) in [5.74, 6) is 0.718. The van der Waals surface area contributed by atoms with Gasteiger partial charge in [-0.1, -0.05) is 24.3 Å². The molecule has 3 nitrogen and oxygen atoms in total. The molecule has 1 heterocycles. The highest BCUT2D eigenvalue weighted by molar-refractivity contribution is 7.98. The third-order valence-corrected chi connectivity index (χ3v) is 4.70. The normalized spacial score (nSPS) is 10.4. The maximum atomic E-state index is 12.6. The highest BCUT2D eigenvalue weighted by Crippen LogP contribution is 2.27. The molecular weight excluding hydrogens is 316 g/mol. The Labute approximate surface area is 146 Å². The predicted molar refractivity (Wildman–Crippen MR) is 99.4 cm³/mol. The van der Waals surface area contributed by atoms with Crippen LogP contribution in [0.5, 0.6) is 0 Å². The molecule has 4 heteroatoms. The van der Waals surface area contributed by atoms with Crippen molar-refractivity contribution in [3.8, 4) is 0 Å². The standard InChI is InChI=1S/C20H18N2OS/c1-15-5-4-6-17(13-15)22-20(23)18-7-2-3-8-19(18)24-14-16-9-11-21-12-10-16/h2-13H,14H2,1H3,(H,22,23). The van der Waals surface area contributed by atoms with Gasteiger partial charge in [0.2, 0.25) is 0 Å². The SMILES string of the molecule is Cc1cccc(NC(=O)c2ccccc2SCc2ccncc2)c1. The number of aromatic nitrogens is 1. The van der Waals surface area contributed by atoms with Crippen LogP contribution in [0.15, 0.2) is 78.0 Å². The van der Waals surface area contributed by atoms with Crippen molar-refractivity contribution in [2.45, 2.75) is 17.6 Å². The lowest BCUT2D eigenvalue weighted by atomic mass is 10.2. The van der Waals surface area contributed by atoms with Crippen LogP contribution in [0.2, 0.25) is 0 Å². The van der Waals surface area contributed by atoms with Gasteiger partial charge in [-0.15, -0.1) is 11.8 Å². The van der Waals surface area contributed by atoms with Gasteiger partial charge in [0, 0.05) is 28.7 Å². The van der Waals surface area contributed by atoms with Crippen molar-refractivity contribution < 1.29 is 4.79 Å². The van der Waals surface area contributed by atoms with Gasteiger partial charge in [0.1, 0.15) is 0 Å². The number of benzene rings is 2. The first kappa shape index (κ1) is 16.3. The van der Waals surface area contributed by atoms with E-state index in [0.29, 0.717) is 5.56 Å². The number of nitrogens with one attached hydrogen (secondary N) is 1. The molecular formula is C20H18N2OS. The number of nitrogens with zero attached hydrogens (tertiary/aromatic N) is 1. The first-order valence-corrected chi connectivity index (χ1v) is 8.70. The molecule has 120 valence electrons. The van der Waals surface area contributed by atoms with Crippen molar-refractivity contribution in [2.75, 3.05) is 5.32 Å². The molecule has 1 aromatic heterocycles. The van der Waals surface area contributed by atoms with Gasteiger partial charge in [-0.05, 0) is 54.4 Å². The maximum absolute atomic E-state index is 12.6. The number of rotatable bonds is 5. The summed E-state index contributed by atoms with van der Waals surface area (Å²) >= 11 is 1.65. The van der Waals surface area contributed by atoms with Gasteiger partial charge in [-0.2, -0.15) is 0 Å². The number of carbonyl (C=O) groups excluding carboxylic acids is 1. The zero-order valence-corrected chi connectivity index (χ0v) is 14.2.